The zero-order chi connectivity index (χ0) is 11.6. The molecule has 0 fully saturated rings. The van der Waals surface area contributed by atoms with Crippen LogP contribution in [-0.2, 0) is 0 Å². The first-order chi connectivity index (χ1) is 7.02. The zero-order valence-electron chi connectivity index (χ0n) is 9.92. The van der Waals surface area contributed by atoms with Crippen molar-refractivity contribution in [1.29, 1.82) is 0 Å². The van der Waals surface area contributed by atoms with E-state index in [1.54, 1.807) is 20.3 Å². The van der Waals surface area contributed by atoms with Crippen molar-refractivity contribution < 1.29 is 14.6 Å². The molecular weight excluding hydrogens is 192 g/mol. The maximum atomic E-state index is 9.96. The lowest BCUT2D eigenvalue weighted by molar-refractivity contribution is 0.344. The Morgan fingerprint density at radius 2 is 1.80 bits per heavy atom. The molecule has 0 bridgehead atoms. The maximum Gasteiger partial charge on any atom is 0.167 e. The highest BCUT2D eigenvalue weighted by Crippen LogP contribution is 2.43. The fourth-order valence-corrected chi connectivity index (χ4v) is 1.68. The molecule has 0 radical (unpaired) electrons. The van der Waals surface area contributed by atoms with Gasteiger partial charge in [-0.25, -0.2) is 0 Å². The molecule has 0 saturated heterocycles. The third kappa shape index (κ3) is 2.01. The van der Waals surface area contributed by atoms with Gasteiger partial charge in [0.05, 0.1) is 14.2 Å². The predicted octanol–water partition coefficient (Wildman–Crippen LogP) is 2.84. The average molecular weight is 210 g/mol. The maximum absolute atomic E-state index is 9.96. The Kier molecular flexibility index (Phi) is 3.45. The van der Waals surface area contributed by atoms with Gasteiger partial charge in [0.2, 0.25) is 0 Å². The first-order valence-corrected chi connectivity index (χ1v) is 4.97. The number of ether oxygens (including phenoxy) is 2. The minimum atomic E-state index is 0.189. The molecule has 1 N–H and O–H groups in total. The molecule has 15 heavy (non-hydrogen) atoms. The highest BCUT2D eigenvalue weighted by atomic mass is 16.5. The van der Waals surface area contributed by atoms with Crippen LogP contribution in [0.3, 0.4) is 0 Å². The van der Waals surface area contributed by atoms with Crippen LogP contribution < -0.4 is 9.47 Å². The molecule has 0 aromatic heterocycles. The number of benzene rings is 1. The molecule has 0 unspecified atom stereocenters. The van der Waals surface area contributed by atoms with Crippen molar-refractivity contribution in [3.8, 4) is 17.2 Å². The van der Waals surface area contributed by atoms with Gasteiger partial charge in [0, 0.05) is 5.56 Å². The fraction of sp³-hybridized carbons (Fsp3) is 0.500. The van der Waals surface area contributed by atoms with Crippen molar-refractivity contribution in [3.05, 3.63) is 17.2 Å². The lowest BCUT2D eigenvalue weighted by Gasteiger charge is -2.18. The van der Waals surface area contributed by atoms with Crippen molar-refractivity contribution in [2.45, 2.75) is 26.7 Å². The van der Waals surface area contributed by atoms with E-state index in [1.165, 1.54) is 0 Å². The number of hydrogen-bond donors (Lipinski definition) is 1. The fourth-order valence-electron chi connectivity index (χ4n) is 1.68. The Bertz CT molecular complexity index is 356. The Hall–Kier alpha value is -1.38. The van der Waals surface area contributed by atoms with Crippen LogP contribution >= 0.6 is 0 Å². The second-order valence-corrected chi connectivity index (χ2v) is 3.85. The Morgan fingerprint density at radius 1 is 1.20 bits per heavy atom. The van der Waals surface area contributed by atoms with E-state index in [-0.39, 0.29) is 5.92 Å². The van der Waals surface area contributed by atoms with Crippen LogP contribution in [0.15, 0.2) is 6.07 Å². The molecule has 0 aliphatic heterocycles. The predicted molar refractivity (Wildman–Crippen MR) is 60.0 cm³/mol. The molecule has 0 aliphatic rings. The summed E-state index contributed by atoms with van der Waals surface area (Å²) < 4.78 is 10.5. The van der Waals surface area contributed by atoms with E-state index in [1.807, 2.05) is 20.8 Å². The van der Waals surface area contributed by atoms with Gasteiger partial charge >= 0.3 is 0 Å². The molecule has 84 valence electrons. The van der Waals surface area contributed by atoms with Crippen LogP contribution in [0.25, 0.3) is 0 Å². The number of phenols is 1. The molecule has 0 heterocycles. The molecule has 0 aliphatic carbocycles. The average Bonchev–Trinajstić information content (AvgIpc) is 2.20. The van der Waals surface area contributed by atoms with Gasteiger partial charge in [-0.2, -0.15) is 0 Å². The van der Waals surface area contributed by atoms with Gasteiger partial charge in [-0.05, 0) is 24.5 Å². The lowest BCUT2D eigenvalue weighted by atomic mass is 9.97. The monoisotopic (exact) mass is 210 g/mol. The van der Waals surface area contributed by atoms with Gasteiger partial charge in [0.25, 0.3) is 0 Å². The van der Waals surface area contributed by atoms with Crippen LogP contribution in [0.2, 0.25) is 0 Å². The van der Waals surface area contributed by atoms with Gasteiger partial charge < -0.3 is 14.6 Å². The van der Waals surface area contributed by atoms with Crippen LogP contribution in [0.4, 0.5) is 0 Å². The normalized spacial score (nSPS) is 10.5. The van der Waals surface area contributed by atoms with E-state index in [0.717, 1.165) is 11.1 Å². The van der Waals surface area contributed by atoms with Gasteiger partial charge in [-0.1, -0.05) is 13.8 Å². The van der Waals surface area contributed by atoms with Crippen LogP contribution in [0, 0.1) is 6.92 Å². The Morgan fingerprint density at radius 3 is 2.20 bits per heavy atom. The molecule has 3 heteroatoms. The summed E-state index contributed by atoms with van der Waals surface area (Å²) in [7, 11) is 3.18. The third-order valence-electron chi connectivity index (χ3n) is 2.45. The van der Waals surface area contributed by atoms with Crippen molar-refractivity contribution in [1.82, 2.24) is 0 Å². The van der Waals surface area contributed by atoms with E-state index in [9.17, 15) is 5.11 Å². The van der Waals surface area contributed by atoms with E-state index >= 15 is 0 Å². The first kappa shape index (κ1) is 11.7. The van der Waals surface area contributed by atoms with Crippen LogP contribution in [-0.4, -0.2) is 19.3 Å². The highest BCUT2D eigenvalue weighted by molar-refractivity contribution is 5.58. The number of phenolic OH excluding ortho intramolecular Hbond substituents is 1. The SMILES string of the molecule is COc1cc(C)c(O)c(C(C)C)c1OC. The largest absolute Gasteiger partial charge is 0.507 e. The molecule has 0 atom stereocenters. The van der Waals surface area contributed by atoms with E-state index in [2.05, 4.69) is 0 Å². The smallest absolute Gasteiger partial charge is 0.167 e. The molecule has 0 spiro atoms. The molecule has 1 aromatic rings. The second kappa shape index (κ2) is 4.43. The summed E-state index contributed by atoms with van der Waals surface area (Å²) in [5.41, 5.74) is 1.60. The molecule has 1 rings (SSSR count). The molecular formula is C12H18O3. The zero-order valence-corrected chi connectivity index (χ0v) is 9.92. The first-order valence-electron chi connectivity index (χ1n) is 4.97. The number of aryl methyl sites for hydroxylation is 1. The number of rotatable bonds is 3. The van der Waals surface area contributed by atoms with Crippen LogP contribution in [0.5, 0.6) is 17.2 Å². The lowest BCUT2D eigenvalue weighted by Crippen LogP contribution is -1.99. The summed E-state index contributed by atoms with van der Waals surface area (Å²) in [6.07, 6.45) is 0. The summed E-state index contributed by atoms with van der Waals surface area (Å²) in [5, 5.41) is 9.96. The third-order valence-corrected chi connectivity index (χ3v) is 2.45. The van der Waals surface area contributed by atoms with Gasteiger partial charge in [-0.3, -0.25) is 0 Å². The van der Waals surface area contributed by atoms with Gasteiger partial charge in [-0.15, -0.1) is 0 Å². The topological polar surface area (TPSA) is 38.7 Å². The number of methoxy groups -OCH3 is 2. The number of aromatic hydroxyl groups is 1. The van der Waals surface area contributed by atoms with Gasteiger partial charge in [0.1, 0.15) is 5.75 Å². The second-order valence-electron chi connectivity index (χ2n) is 3.85. The molecule has 0 saturated carbocycles. The summed E-state index contributed by atoms with van der Waals surface area (Å²) in [6.45, 7) is 5.87. The summed E-state index contributed by atoms with van der Waals surface area (Å²) in [5.74, 6) is 1.77. The molecule has 1 aromatic carbocycles. The quantitative estimate of drug-likeness (QED) is 0.833. The standard InChI is InChI=1S/C12H18O3/c1-7(2)10-11(13)8(3)6-9(14-4)12(10)15-5/h6-7,13H,1-5H3. The van der Waals surface area contributed by atoms with E-state index < -0.39 is 0 Å². The van der Waals surface area contributed by atoms with E-state index in [4.69, 9.17) is 9.47 Å². The Labute approximate surface area is 90.6 Å². The van der Waals surface area contributed by atoms with Crippen molar-refractivity contribution in [2.75, 3.05) is 14.2 Å². The van der Waals surface area contributed by atoms with Crippen LogP contribution in [0.1, 0.15) is 30.9 Å². The Balaban J connectivity index is 3.49. The van der Waals surface area contributed by atoms with Crippen molar-refractivity contribution in [2.24, 2.45) is 0 Å². The van der Waals surface area contributed by atoms with Crippen molar-refractivity contribution >= 4 is 0 Å². The van der Waals surface area contributed by atoms with E-state index in [0.29, 0.717) is 17.2 Å². The summed E-state index contributed by atoms with van der Waals surface area (Å²) in [6, 6.07) is 1.78. The minimum Gasteiger partial charge on any atom is -0.507 e. The highest BCUT2D eigenvalue weighted by Gasteiger charge is 2.19. The van der Waals surface area contributed by atoms with Gasteiger partial charge in [0.15, 0.2) is 11.5 Å². The van der Waals surface area contributed by atoms with Crippen molar-refractivity contribution in [3.63, 3.8) is 0 Å². The minimum absolute atomic E-state index is 0.189. The number of hydrogen-bond acceptors (Lipinski definition) is 3. The molecule has 3 nitrogen and oxygen atoms in total. The summed E-state index contributed by atoms with van der Waals surface area (Å²) >= 11 is 0. The summed E-state index contributed by atoms with van der Waals surface area (Å²) in [4.78, 5) is 0. The molecule has 0 amide bonds.